The van der Waals surface area contributed by atoms with Gasteiger partial charge in [0.2, 0.25) is 0 Å². The third-order valence-electron chi connectivity index (χ3n) is 5.13. The number of ether oxygens (including phenoxy) is 2. The molecule has 0 aliphatic rings. The van der Waals surface area contributed by atoms with E-state index in [1.165, 1.54) is 38.6 Å². The number of benzene rings is 1. The van der Waals surface area contributed by atoms with Crippen LogP contribution in [-0.4, -0.2) is 55.5 Å². The monoisotopic (exact) mass is 535 g/mol. The summed E-state index contributed by atoms with van der Waals surface area (Å²) in [6.07, 6.45) is 1.49. The van der Waals surface area contributed by atoms with Crippen LogP contribution >= 0.6 is 7.44 Å². The number of nitrogen functional groups attached to an aromatic ring is 1. The van der Waals surface area contributed by atoms with Crippen LogP contribution in [0, 0.1) is 5.82 Å². The second-order valence-electron chi connectivity index (χ2n) is 9.31. The largest absolute Gasteiger partial charge is 0.462 e. The molecule has 3 rings (SSSR count). The highest BCUT2D eigenvalue weighted by Gasteiger charge is 2.39. The zero-order chi connectivity index (χ0) is 27.4. The number of carbonyl (C=O) groups is 2. The highest BCUT2D eigenvalue weighted by molar-refractivity contribution is 7.60. The Labute approximate surface area is 213 Å². The molecule has 0 saturated carbocycles. The molecule has 2 aromatic heterocycles. The molecule has 0 aliphatic carbocycles. The maximum Gasteiger partial charge on any atom is 0.326 e. The quantitative estimate of drug-likeness (QED) is 0.246. The van der Waals surface area contributed by atoms with E-state index in [0.29, 0.717) is 11.2 Å². The van der Waals surface area contributed by atoms with Crippen LogP contribution < -0.4 is 15.9 Å². The number of rotatable bonds is 11. The number of nitrogens with two attached hydrogens (primary N) is 1. The Kier molecular flexibility index (Phi) is 8.62. The molecule has 0 spiro atoms. The van der Waals surface area contributed by atoms with Crippen LogP contribution in [0.5, 0.6) is 0 Å². The van der Waals surface area contributed by atoms with Gasteiger partial charge in [-0.1, -0.05) is 0 Å². The lowest BCUT2D eigenvalue weighted by Crippen LogP contribution is -2.49. The minimum atomic E-state index is -3.91. The number of esters is 1. The van der Waals surface area contributed by atoms with Crippen LogP contribution in [0.4, 0.5) is 10.2 Å². The minimum absolute atomic E-state index is 0.0844. The van der Waals surface area contributed by atoms with Crippen molar-refractivity contribution >= 4 is 36.3 Å². The second kappa shape index (κ2) is 11.3. The van der Waals surface area contributed by atoms with E-state index in [2.05, 4.69) is 25.1 Å². The molecule has 0 bridgehead atoms. The van der Waals surface area contributed by atoms with Gasteiger partial charge in [-0.2, -0.15) is 0 Å². The number of nitrogens with zero attached hydrogens (tertiary/aromatic N) is 4. The predicted molar refractivity (Wildman–Crippen MR) is 135 cm³/mol. The molecular formula is C23H31FN7O5P. The Balaban J connectivity index is 1.77. The SMILES string of the molecule is CC(C)OC(=O)C(C)(C)NP(=O)(CO[C@@H](C)Cn1cnc2c(N)ncnc21)NC(=O)c1ccc(F)cc1. The third kappa shape index (κ3) is 7.31. The normalized spacial score (nSPS) is 14.4. The Hall–Kier alpha value is -3.41. The summed E-state index contributed by atoms with van der Waals surface area (Å²) in [4.78, 5) is 37.7. The molecule has 3 aromatic rings. The van der Waals surface area contributed by atoms with Crippen LogP contribution in [0.25, 0.3) is 11.2 Å². The van der Waals surface area contributed by atoms with Crippen LogP contribution in [0.2, 0.25) is 0 Å². The lowest BCUT2D eigenvalue weighted by atomic mass is 10.1. The van der Waals surface area contributed by atoms with Gasteiger partial charge in [-0.15, -0.1) is 0 Å². The fourth-order valence-electron chi connectivity index (χ4n) is 3.38. The lowest BCUT2D eigenvalue weighted by molar-refractivity contribution is -0.153. The summed E-state index contributed by atoms with van der Waals surface area (Å²) in [6, 6.07) is 4.74. The Bertz CT molecular complexity index is 1310. The standard InChI is InChI=1S/C23H31FN7O5P/c1-14(2)36-22(33)23(4,5)30-37(34,29-21(32)16-6-8-17(24)9-7-16)13-35-15(3)10-31-12-28-18-19(25)26-11-27-20(18)31/h6-9,11-12,14-15H,10,13H2,1-5H3,(H2,25,26,27)(H2,29,30,32,34)/t15-,37?/m0/s1. The number of anilines is 1. The Morgan fingerprint density at radius 1 is 1.16 bits per heavy atom. The number of aromatic nitrogens is 4. The first-order valence-electron chi connectivity index (χ1n) is 11.5. The number of halogens is 1. The molecule has 1 aromatic carbocycles. The van der Waals surface area contributed by atoms with Gasteiger partial charge in [0.15, 0.2) is 11.5 Å². The number of fused-ring (bicyclic) bond motifs is 1. The molecule has 0 saturated heterocycles. The molecule has 12 nitrogen and oxygen atoms in total. The molecule has 200 valence electrons. The summed E-state index contributed by atoms with van der Waals surface area (Å²) in [7, 11) is -3.91. The highest BCUT2D eigenvalue weighted by Crippen LogP contribution is 2.40. The summed E-state index contributed by atoms with van der Waals surface area (Å²) >= 11 is 0. The van der Waals surface area contributed by atoms with Gasteiger partial charge in [-0.05, 0) is 58.9 Å². The van der Waals surface area contributed by atoms with E-state index in [9.17, 15) is 18.5 Å². The van der Waals surface area contributed by atoms with Gasteiger partial charge in [0.1, 0.15) is 29.5 Å². The van der Waals surface area contributed by atoms with E-state index in [-0.39, 0.29) is 17.9 Å². The van der Waals surface area contributed by atoms with E-state index in [0.717, 1.165) is 12.1 Å². The maximum absolute atomic E-state index is 13.9. The van der Waals surface area contributed by atoms with Crippen molar-refractivity contribution in [3.63, 3.8) is 0 Å². The van der Waals surface area contributed by atoms with Crippen molar-refractivity contribution in [2.24, 2.45) is 0 Å². The van der Waals surface area contributed by atoms with Crippen molar-refractivity contribution < 1.29 is 28.0 Å². The fraction of sp³-hybridized carbons (Fsp3) is 0.435. The first kappa shape index (κ1) is 28.2. The summed E-state index contributed by atoms with van der Waals surface area (Å²) < 4.78 is 40.0. The number of amides is 1. The molecular weight excluding hydrogens is 504 g/mol. The van der Waals surface area contributed by atoms with Crippen LogP contribution in [0.3, 0.4) is 0 Å². The van der Waals surface area contributed by atoms with Gasteiger partial charge in [-0.25, -0.2) is 24.4 Å². The second-order valence-corrected chi connectivity index (χ2v) is 11.5. The molecule has 37 heavy (non-hydrogen) atoms. The number of nitrogens with one attached hydrogen (secondary N) is 2. The zero-order valence-electron chi connectivity index (χ0n) is 21.3. The minimum Gasteiger partial charge on any atom is -0.462 e. The number of carbonyl (C=O) groups excluding carboxylic acids is 2. The van der Waals surface area contributed by atoms with Gasteiger partial charge in [0, 0.05) is 5.56 Å². The van der Waals surface area contributed by atoms with E-state index in [1.54, 1.807) is 25.3 Å². The molecule has 1 amide bonds. The van der Waals surface area contributed by atoms with E-state index in [4.69, 9.17) is 15.2 Å². The van der Waals surface area contributed by atoms with Gasteiger partial charge in [-0.3, -0.25) is 19.2 Å². The number of imidazole rings is 1. The zero-order valence-corrected chi connectivity index (χ0v) is 22.2. The van der Waals surface area contributed by atoms with Crippen LogP contribution in [0.15, 0.2) is 36.9 Å². The van der Waals surface area contributed by atoms with Crippen molar-refractivity contribution in [2.45, 2.75) is 58.9 Å². The van der Waals surface area contributed by atoms with E-state index in [1.807, 2.05) is 0 Å². The molecule has 14 heteroatoms. The van der Waals surface area contributed by atoms with Gasteiger partial charge < -0.3 is 19.8 Å². The average Bonchev–Trinajstić information content (AvgIpc) is 3.21. The summed E-state index contributed by atoms with van der Waals surface area (Å²) in [5.74, 6) is -1.67. The Morgan fingerprint density at radius 2 is 1.84 bits per heavy atom. The molecule has 0 radical (unpaired) electrons. The molecule has 0 aliphatic heterocycles. The lowest BCUT2D eigenvalue weighted by Gasteiger charge is -2.31. The number of hydrogen-bond donors (Lipinski definition) is 3. The van der Waals surface area contributed by atoms with Crippen molar-refractivity contribution in [1.29, 1.82) is 0 Å². The predicted octanol–water partition coefficient (Wildman–Crippen LogP) is 2.85. The highest BCUT2D eigenvalue weighted by atomic mass is 31.2. The van der Waals surface area contributed by atoms with Gasteiger partial charge in [0.05, 0.1) is 25.1 Å². The smallest absolute Gasteiger partial charge is 0.326 e. The van der Waals surface area contributed by atoms with Crippen molar-refractivity contribution in [3.8, 4) is 0 Å². The molecule has 2 atom stereocenters. The Morgan fingerprint density at radius 3 is 2.49 bits per heavy atom. The number of hydrogen-bond acceptors (Lipinski definition) is 9. The molecule has 4 N–H and O–H groups in total. The maximum atomic E-state index is 13.9. The van der Waals surface area contributed by atoms with E-state index < -0.39 is 49.2 Å². The van der Waals surface area contributed by atoms with Crippen molar-refractivity contribution in [3.05, 3.63) is 48.3 Å². The fourth-order valence-corrected chi connectivity index (χ4v) is 5.48. The molecule has 2 heterocycles. The molecule has 0 fully saturated rings. The summed E-state index contributed by atoms with van der Waals surface area (Å²) in [6.45, 7) is 8.36. The van der Waals surface area contributed by atoms with Crippen molar-refractivity contribution in [1.82, 2.24) is 29.7 Å². The summed E-state index contributed by atoms with van der Waals surface area (Å²) in [5.41, 5.74) is 5.43. The van der Waals surface area contributed by atoms with Crippen LogP contribution in [-0.2, 0) is 25.4 Å². The molecule has 1 unspecified atom stereocenters. The van der Waals surface area contributed by atoms with Gasteiger partial charge >= 0.3 is 5.97 Å². The van der Waals surface area contributed by atoms with Gasteiger partial charge in [0.25, 0.3) is 13.4 Å². The average molecular weight is 536 g/mol. The first-order valence-corrected chi connectivity index (χ1v) is 13.4. The first-order chi connectivity index (χ1) is 17.3. The van der Waals surface area contributed by atoms with E-state index >= 15 is 0 Å². The van der Waals surface area contributed by atoms with Crippen LogP contribution in [0.1, 0.15) is 45.0 Å². The summed E-state index contributed by atoms with van der Waals surface area (Å²) in [5, 5.41) is 5.17. The van der Waals surface area contributed by atoms with Crippen molar-refractivity contribution in [2.75, 3.05) is 12.1 Å². The topological polar surface area (TPSA) is 163 Å². The third-order valence-corrected chi connectivity index (χ3v) is 7.12.